The number of furan rings is 1. The molecule has 1 heterocycles. The number of carboxylic acids is 1. The molecule has 33 heavy (non-hydrogen) atoms. The van der Waals surface area contributed by atoms with E-state index in [0.717, 1.165) is 34.0 Å². The number of hydrogen-bond acceptors (Lipinski definition) is 3. The number of benzene rings is 3. The monoisotopic (exact) mass is 454 g/mol. The van der Waals surface area contributed by atoms with Crippen molar-refractivity contribution in [1.29, 1.82) is 0 Å². The fourth-order valence-corrected chi connectivity index (χ4v) is 3.56. The number of aryl methyl sites for hydroxylation is 2. The van der Waals surface area contributed by atoms with Crippen LogP contribution in [0.4, 0.5) is 13.2 Å². The molecular weight excluding hydrogens is 433 g/mol. The average Bonchev–Trinajstić information content (AvgIpc) is 3.16. The van der Waals surface area contributed by atoms with Gasteiger partial charge in [0.2, 0.25) is 0 Å². The quantitative estimate of drug-likeness (QED) is 0.326. The van der Waals surface area contributed by atoms with Crippen molar-refractivity contribution >= 4 is 16.7 Å². The summed E-state index contributed by atoms with van der Waals surface area (Å²) in [6, 6.07) is 18.1. The molecule has 0 atom stereocenters. The van der Waals surface area contributed by atoms with Crippen LogP contribution in [0.25, 0.3) is 22.1 Å². The molecule has 4 aromatic rings. The minimum atomic E-state index is -4.38. The van der Waals surface area contributed by atoms with Crippen LogP contribution in [-0.4, -0.2) is 11.1 Å². The third-order valence-electron chi connectivity index (χ3n) is 5.42. The highest BCUT2D eigenvalue weighted by atomic mass is 19.4. The van der Waals surface area contributed by atoms with Crippen LogP contribution in [0.15, 0.2) is 71.1 Å². The van der Waals surface area contributed by atoms with Crippen LogP contribution < -0.4 is 4.74 Å². The van der Waals surface area contributed by atoms with Gasteiger partial charge in [-0.1, -0.05) is 36.4 Å². The summed E-state index contributed by atoms with van der Waals surface area (Å²) in [4.78, 5) is 10.8. The maximum absolute atomic E-state index is 12.8. The fraction of sp³-hybridized carbons (Fsp3) is 0.192. The number of alkyl halides is 3. The second-order valence-corrected chi connectivity index (χ2v) is 7.79. The van der Waals surface area contributed by atoms with E-state index in [1.54, 1.807) is 13.0 Å². The highest BCUT2D eigenvalue weighted by molar-refractivity contribution is 5.84. The highest BCUT2D eigenvalue weighted by Gasteiger charge is 2.30. The zero-order valence-electron chi connectivity index (χ0n) is 17.8. The number of halogens is 3. The van der Waals surface area contributed by atoms with Gasteiger partial charge in [-0.2, -0.15) is 13.2 Å². The zero-order chi connectivity index (χ0) is 23.6. The molecule has 0 spiro atoms. The van der Waals surface area contributed by atoms with Gasteiger partial charge in [0.05, 0.1) is 5.56 Å². The van der Waals surface area contributed by atoms with E-state index in [-0.39, 0.29) is 13.0 Å². The van der Waals surface area contributed by atoms with E-state index in [9.17, 15) is 18.0 Å². The number of carboxylic acid groups (broad SMARTS) is 1. The number of fused-ring (bicyclic) bond motifs is 1. The Bertz CT molecular complexity index is 1290. The Balaban J connectivity index is 1.45. The van der Waals surface area contributed by atoms with Crippen LogP contribution in [0.2, 0.25) is 0 Å². The second-order valence-electron chi connectivity index (χ2n) is 7.79. The average molecular weight is 454 g/mol. The van der Waals surface area contributed by atoms with Crippen molar-refractivity contribution < 1.29 is 32.2 Å². The molecule has 0 saturated carbocycles. The third-order valence-corrected chi connectivity index (χ3v) is 5.42. The topological polar surface area (TPSA) is 59.7 Å². The summed E-state index contributed by atoms with van der Waals surface area (Å²) in [6.45, 7) is 2.03. The molecule has 0 saturated heterocycles. The summed E-state index contributed by atoms with van der Waals surface area (Å²) in [6.07, 6.45) is -3.81. The lowest BCUT2D eigenvalue weighted by Gasteiger charge is -2.08. The first kappa shape index (κ1) is 22.5. The van der Waals surface area contributed by atoms with Crippen LogP contribution in [0, 0.1) is 6.92 Å². The zero-order valence-corrected chi connectivity index (χ0v) is 17.8. The Morgan fingerprint density at radius 2 is 1.67 bits per heavy atom. The highest BCUT2D eigenvalue weighted by Crippen LogP contribution is 2.32. The van der Waals surface area contributed by atoms with Crippen molar-refractivity contribution in [1.82, 2.24) is 0 Å². The van der Waals surface area contributed by atoms with Gasteiger partial charge < -0.3 is 14.3 Å². The molecule has 0 unspecified atom stereocenters. The van der Waals surface area contributed by atoms with Crippen molar-refractivity contribution in [2.75, 3.05) is 0 Å². The van der Waals surface area contributed by atoms with Crippen molar-refractivity contribution in [2.24, 2.45) is 0 Å². The Kier molecular flexibility index (Phi) is 6.14. The Labute approximate surface area is 188 Å². The summed E-state index contributed by atoms with van der Waals surface area (Å²) >= 11 is 0. The Hall–Kier alpha value is -3.74. The molecule has 170 valence electrons. The van der Waals surface area contributed by atoms with Crippen LogP contribution >= 0.6 is 0 Å². The third kappa shape index (κ3) is 5.37. The summed E-state index contributed by atoms with van der Waals surface area (Å²) in [5.41, 5.74) is 1.61. The van der Waals surface area contributed by atoms with Crippen LogP contribution in [0.5, 0.6) is 5.75 Å². The largest absolute Gasteiger partial charge is 0.489 e. The molecule has 0 aliphatic carbocycles. The molecule has 0 aliphatic heterocycles. The second kappa shape index (κ2) is 9.02. The lowest BCUT2D eigenvalue weighted by Crippen LogP contribution is -2.03. The molecule has 1 N–H and O–H groups in total. The molecular formula is C26H21F3O4. The molecule has 0 aliphatic rings. The van der Waals surface area contributed by atoms with E-state index in [0.29, 0.717) is 29.3 Å². The van der Waals surface area contributed by atoms with Gasteiger partial charge in [0.15, 0.2) is 0 Å². The smallest absolute Gasteiger partial charge is 0.416 e. The predicted molar refractivity (Wildman–Crippen MR) is 118 cm³/mol. The van der Waals surface area contributed by atoms with E-state index < -0.39 is 17.7 Å². The van der Waals surface area contributed by atoms with Crippen LogP contribution in [0.3, 0.4) is 0 Å². The SMILES string of the molecule is Cc1oc(-c2ccc(C(F)(F)F)cc2)cc1COc1ccc2cc(CCC(=O)O)ccc2c1. The minimum absolute atomic E-state index is 0.0885. The van der Waals surface area contributed by atoms with E-state index >= 15 is 0 Å². The first-order valence-corrected chi connectivity index (χ1v) is 10.3. The molecule has 0 amide bonds. The van der Waals surface area contributed by atoms with Crippen LogP contribution in [0.1, 0.15) is 28.9 Å². The van der Waals surface area contributed by atoms with Gasteiger partial charge in [0.1, 0.15) is 23.9 Å². The molecule has 0 bridgehead atoms. The number of carbonyl (C=O) groups is 1. The number of hydrogen-bond donors (Lipinski definition) is 1. The van der Waals surface area contributed by atoms with Crippen LogP contribution in [-0.2, 0) is 24.0 Å². The normalized spacial score (nSPS) is 11.6. The van der Waals surface area contributed by atoms with Crippen molar-refractivity contribution in [3.8, 4) is 17.1 Å². The van der Waals surface area contributed by atoms with E-state index in [2.05, 4.69) is 0 Å². The number of rotatable bonds is 7. The molecule has 0 fully saturated rings. The fourth-order valence-electron chi connectivity index (χ4n) is 3.56. The van der Waals surface area contributed by atoms with Gasteiger partial charge in [0.25, 0.3) is 0 Å². The summed E-state index contributed by atoms with van der Waals surface area (Å²) < 4.78 is 50.0. The van der Waals surface area contributed by atoms with Gasteiger partial charge in [-0.05, 0) is 60.0 Å². The lowest BCUT2D eigenvalue weighted by molar-refractivity contribution is -0.138. The summed E-state index contributed by atoms with van der Waals surface area (Å²) in [5, 5.41) is 10.8. The molecule has 7 heteroatoms. The molecule has 3 aromatic carbocycles. The van der Waals surface area contributed by atoms with Crippen molar-refractivity contribution in [3.63, 3.8) is 0 Å². The maximum atomic E-state index is 12.8. The Morgan fingerprint density at radius 1 is 0.970 bits per heavy atom. The number of aliphatic carboxylic acids is 1. The molecule has 4 nitrogen and oxygen atoms in total. The van der Waals surface area contributed by atoms with Gasteiger partial charge in [-0.25, -0.2) is 0 Å². The van der Waals surface area contributed by atoms with Crippen molar-refractivity contribution in [3.05, 3.63) is 89.2 Å². The summed E-state index contributed by atoms with van der Waals surface area (Å²) in [7, 11) is 0. The Morgan fingerprint density at radius 3 is 2.36 bits per heavy atom. The molecule has 4 rings (SSSR count). The minimum Gasteiger partial charge on any atom is -0.489 e. The predicted octanol–water partition coefficient (Wildman–Crippen LogP) is 7.02. The maximum Gasteiger partial charge on any atom is 0.416 e. The van der Waals surface area contributed by atoms with Gasteiger partial charge in [0, 0.05) is 17.5 Å². The summed E-state index contributed by atoms with van der Waals surface area (Å²) in [5.74, 6) is 0.952. The van der Waals surface area contributed by atoms with Gasteiger partial charge in [-0.15, -0.1) is 0 Å². The van der Waals surface area contributed by atoms with Gasteiger partial charge >= 0.3 is 12.1 Å². The van der Waals surface area contributed by atoms with Crippen molar-refractivity contribution in [2.45, 2.75) is 32.5 Å². The first-order chi connectivity index (χ1) is 15.7. The molecule has 0 radical (unpaired) electrons. The molecule has 1 aromatic heterocycles. The number of ether oxygens (including phenoxy) is 1. The van der Waals surface area contributed by atoms with Gasteiger partial charge in [-0.3, -0.25) is 4.79 Å². The van der Waals surface area contributed by atoms with E-state index in [1.165, 1.54) is 12.1 Å². The first-order valence-electron chi connectivity index (χ1n) is 10.3. The van der Waals surface area contributed by atoms with E-state index in [4.69, 9.17) is 14.3 Å². The standard InChI is InChI=1S/C26H21F3O4/c1-16-21(14-24(33-16)18-5-8-22(9-6-18)26(27,28)29)15-32-23-10-7-19-12-17(3-11-25(30)31)2-4-20(19)13-23/h2,4-10,12-14H,3,11,15H2,1H3,(H,30,31). The van der Waals surface area contributed by atoms with E-state index in [1.807, 2.05) is 36.4 Å². The lowest BCUT2D eigenvalue weighted by atomic mass is 10.0.